The van der Waals surface area contributed by atoms with Gasteiger partial charge in [-0.2, -0.15) is 0 Å². The minimum atomic E-state index is -3.40. The van der Waals surface area contributed by atoms with Gasteiger partial charge < -0.3 is 4.84 Å². The van der Waals surface area contributed by atoms with Crippen LogP contribution in [-0.2, 0) is 26.1 Å². The van der Waals surface area contributed by atoms with E-state index < -0.39 is 15.2 Å². The van der Waals surface area contributed by atoms with Gasteiger partial charge in [-0.25, -0.2) is 8.42 Å². The Morgan fingerprint density at radius 3 is 2.96 bits per heavy atom. The number of hydrogen-bond donors (Lipinski definition) is 0. The number of benzene rings is 1. The van der Waals surface area contributed by atoms with Crippen LogP contribution in [0.3, 0.4) is 0 Å². The minimum Gasteiger partial charge on any atom is -0.391 e. The Kier molecular flexibility index (Phi) is 4.83. The molecule has 8 heteroatoms. The molecule has 0 spiro atoms. The number of oxime groups is 1. The molecule has 1 unspecified atom stereocenters. The van der Waals surface area contributed by atoms with Gasteiger partial charge in [0.2, 0.25) is 0 Å². The van der Waals surface area contributed by atoms with Crippen LogP contribution >= 0.6 is 15.9 Å². The quantitative estimate of drug-likeness (QED) is 0.322. The molecule has 0 aliphatic carbocycles. The first-order chi connectivity index (χ1) is 11.8. The largest absolute Gasteiger partial charge is 0.391 e. The van der Waals surface area contributed by atoms with Crippen molar-refractivity contribution in [1.82, 2.24) is 4.90 Å². The van der Waals surface area contributed by atoms with E-state index in [0.717, 1.165) is 10.0 Å². The summed E-state index contributed by atoms with van der Waals surface area (Å²) < 4.78 is 25.5. The van der Waals surface area contributed by atoms with Crippen LogP contribution in [0.5, 0.6) is 0 Å². The summed E-state index contributed by atoms with van der Waals surface area (Å²) in [6, 6.07) is 7.63. The van der Waals surface area contributed by atoms with Crippen molar-refractivity contribution in [2.24, 2.45) is 5.16 Å². The summed E-state index contributed by atoms with van der Waals surface area (Å²) >= 11 is 3.38. The second-order valence-corrected chi connectivity index (χ2v) is 9.06. The molecule has 1 atom stereocenters. The van der Waals surface area contributed by atoms with Crippen molar-refractivity contribution < 1.29 is 18.0 Å². The van der Waals surface area contributed by atoms with Gasteiger partial charge in [0.15, 0.2) is 15.2 Å². The molecule has 0 saturated carbocycles. The van der Waals surface area contributed by atoms with Crippen LogP contribution in [0.25, 0.3) is 0 Å². The van der Waals surface area contributed by atoms with Crippen LogP contribution in [0.4, 0.5) is 0 Å². The van der Waals surface area contributed by atoms with Gasteiger partial charge in [0.05, 0.1) is 17.0 Å². The van der Waals surface area contributed by atoms with E-state index in [9.17, 15) is 13.2 Å². The first-order valence-corrected chi connectivity index (χ1v) is 10.1. The molecule has 6 nitrogen and oxygen atoms in total. The molecular weight excluding hydrogens is 408 g/mol. The number of β-lactam (4-membered cyclic amide) rings is 1. The van der Waals surface area contributed by atoms with Crippen molar-refractivity contribution in [3.05, 3.63) is 57.7 Å². The lowest BCUT2D eigenvalue weighted by molar-refractivity contribution is -0.130. The number of allylic oxidation sites excluding steroid dienone is 1. The maximum atomic E-state index is 12.3. The highest BCUT2D eigenvalue weighted by molar-refractivity contribution is 9.10. The molecule has 0 bridgehead atoms. The normalized spacial score (nSPS) is 23.8. The van der Waals surface area contributed by atoms with E-state index in [-0.39, 0.29) is 23.8 Å². The van der Waals surface area contributed by atoms with E-state index in [1.807, 2.05) is 24.3 Å². The first-order valence-electron chi connectivity index (χ1n) is 7.62. The van der Waals surface area contributed by atoms with E-state index >= 15 is 0 Å². The summed E-state index contributed by atoms with van der Waals surface area (Å²) in [6.07, 6.45) is 3.08. The number of rotatable bonds is 4. The monoisotopic (exact) mass is 424 g/mol. The number of nitrogens with zero attached hydrogens (tertiary/aromatic N) is 2. The zero-order chi connectivity index (χ0) is 18.2. The van der Waals surface area contributed by atoms with E-state index in [1.54, 1.807) is 20.0 Å². The highest BCUT2D eigenvalue weighted by Crippen LogP contribution is 2.35. The lowest BCUT2D eigenvalue weighted by Crippen LogP contribution is -2.58. The molecule has 2 heterocycles. The Hall–Kier alpha value is -1.93. The number of carbonyl (C=O) groups excluding carboxylic acids is 1. The van der Waals surface area contributed by atoms with Crippen molar-refractivity contribution in [3.63, 3.8) is 0 Å². The van der Waals surface area contributed by atoms with Crippen LogP contribution < -0.4 is 0 Å². The van der Waals surface area contributed by atoms with Gasteiger partial charge in [-0.15, -0.1) is 0 Å². The topological polar surface area (TPSA) is 76.0 Å². The van der Waals surface area contributed by atoms with E-state index in [2.05, 4.69) is 21.1 Å². The van der Waals surface area contributed by atoms with Gasteiger partial charge in [-0.05, 0) is 43.2 Å². The Morgan fingerprint density at radius 1 is 1.48 bits per heavy atom. The number of amides is 1. The van der Waals surface area contributed by atoms with Gasteiger partial charge in [-0.3, -0.25) is 9.69 Å². The average molecular weight is 425 g/mol. The summed E-state index contributed by atoms with van der Waals surface area (Å²) in [5.74, 6) is -0.344. The average Bonchev–Trinajstić information content (AvgIpc) is 2.52. The highest BCUT2D eigenvalue weighted by Gasteiger charge is 2.51. The maximum Gasteiger partial charge on any atom is 0.258 e. The standard InChI is InChI=1S/C17H17BrN2O4S/c1-11-8-20-16(21)15(17(20)25(22,23)10-11)6-12(2)19-24-9-13-4-3-5-14(18)7-13/h3-8,17H,9-10H2,1-2H3/b15-6-,19-12-. The molecule has 132 valence electrons. The number of carbonyl (C=O) groups is 1. The Labute approximate surface area is 154 Å². The molecule has 2 aliphatic rings. The zero-order valence-electron chi connectivity index (χ0n) is 13.8. The van der Waals surface area contributed by atoms with Gasteiger partial charge in [0, 0.05) is 10.7 Å². The molecular formula is C17H17BrN2O4S. The summed E-state index contributed by atoms with van der Waals surface area (Å²) in [4.78, 5) is 18.7. The molecule has 1 saturated heterocycles. The Morgan fingerprint density at radius 2 is 2.24 bits per heavy atom. The minimum absolute atomic E-state index is 0.0334. The number of fused-ring (bicyclic) bond motifs is 1. The summed E-state index contributed by atoms with van der Waals surface area (Å²) in [5.41, 5.74) is 2.28. The number of halogens is 1. The van der Waals surface area contributed by atoms with E-state index in [4.69, 9.17) is 4.84 Å². The lowest BCUT2D eigenvalue weighted by Gasteiger charge is -2.42. The molecule has 25 heavy (non-hydrogen) atoms. The molecule has 0 N–H and O–H groups in total. The molecule has 2 aliphatic heterocycles. The molecule has 1 aromatic carbocycles. The first kappa shape index (κ1) is 17.9. The van der Waals surface area contributed by atoms with Gasteiger partial charge >= 0.3 is 0 Å². The molecule has 3 rings (SSSR count). The zero-order valence-corrected chi connectivity index (χ0v) is 16.2. The Bertz CT molecular complexity index is 918. The third kappa shape index (κ3) is 3.69. The van der Waals surface area contributed by atoms with Crippen LogP contribution in [0.2, 0.25) is 0 Å². The van der Waals surface area contributed by atoms with Gasteiger partial charge in [-0.1, -0.05) is 33.2 Å². The molecule has 0 radical (unpaired) electrons. The Balaban J connectivity index is 1.71. The summed E-state index contributed by atoms with van der Waals surface area (Å²) in [5, 5.41) is 3.05. The fourth-order valence-corrected chi connectivity index (χ4v) is 5.20. The van der Waals surface area contributed by atoms with Crippen molar-refractivity contribution >= 4 is 37.4 Å². The van der Waals surface area contributed by atoms with Gasteiger partial charge in [0.25, 0.3) is 5.91 Å². The third-order valence-electron chi connectivity index (χ3n) is 3.82. The van der Waals surface area contributed by atoms with Crippen molar-refractivity contribution in [3.8, 4) is 0 Å². The fourth-order valence-electron chi connectivity index (χ4n) is 2.83. The smallest absolute Gasteiger partial charge is 0.258 e. The predicted molar refractivity (Wildman–Crippen MR) is 98.3 cm³/mol. The van der Waals surface area contributed by atoms with Crippen LogP contribution in [0, 0.1) is 0 Å². The molecule has 1 aromatic rings. The summed E-state index contributed by atoms with van der Waals surface area (Å²) in [7, 11) is -3.40. The molecule has 1 amide bonds. The third-order valence-corrected chi connectivity index (χ3v) is 6.33. The van der Waals surface area contributed by atoms with Gasteiger partial charge in [0.1, 0.15) is 6.61 Å². The SMILES string of the molecule is CC1=CN2C(=O)/C(=C/C(C)=N\OCc3cccc(Br)c3)C2S(=O)(=O)C1. The maximum absolute atomic E-state index is 12.3. The van der Waals surface area contributed by atoms with Crippen molar-refractivity contribution in [1.29, 1.82) is 0 Å². The lowest BCUT2D eigenvalue weighted by atomic mass is 10.0. The highest BCUT2D eigenvalue weighted by atomic mass is 79.9. The second-order valence-electron chi connectivity index (χ2n) is 6.08. The number of sulfone groups is 1. The second kappa shape index (κ2) is 6.76. The van der Waals surface area contributed by atoms with Crippen molar-refractivity contribution in [2.75, 3.05) is 5.75 Å². The van der Waals surface area contributed by atoms with Crippen LogP contribution in [0.15, 0.2) is 57.3 Å². The molecule has 1 fully saturated rings. The predicted octanol–water partition coefficient (Wildman–Crippen LogP) is 2.77. The fraction of sp³-hybridized carbons (Fsp3) is 0.294. The van der Waals surface area contributed by atoms with Crippen molar-refractivity contribution in [2.45, 2.75) is 25.8 Å². The van der Waals surface area contributed by atoms with E-state index in [0.29, 0.717) is 11.3 Å². The van der Waals surface area contributed by atoms with Crippen LogP contribution in [0.1, 0.15) is 19.4 Å². The summed E-state index contributed by atoms with van der Waals surface area (Å²) in [6.45, 7) is 3.65. The van der Waals surface area contributed by atoms with E-state index in [1.165, 1.54) is 11.0 Å². The molecule has 0 aromatic heterocycles. The van der Waals surface area contributed by atoms with Crippen LogP contribution in [-0.4, -0.2) is 36.1 Å². The number of hydrogen-bond acceptors (Lipinski definition) is 5.